The second kappa shape index (κ2) is 9.73. The maximum Gasteiger partial charge on any atom is 0.410 e. The fourth-order valence-electron chi connectivity index (χ4n) is 3.63. The number of pyridine rings is 1. The fraction of sp³-hybridized carbons (Fsp3) is 0.364. The van der Waals surface area contributed by atoms with E-state index in [2.05, 4.69) is 16.4 Å². The lowest BCUT2D eigenvalue weighted by Gasteiger charge is -2.29. The van der Waals surface area contributed by atoms with Crippen molar-refractivity contribution in [3.05, 3.63) is 52.2 Å². The SMILES string of the molecule is N#Cc1c(NC(=O)/C=C/c2cccnc2)sc2c1CCC(OC(=O)N1CCOCC1)C2. The molecule has 160 valence electrons. The van der Waals surface area contributed by atoms with Gasteiger partial charge in [0.05, 0.1) is 18.8 Å². The molecular weight excluding hydrogens is 416 g/mol. The third kappa shape index (κ3) is 5.10. The molecular formula is C22H22N4O4S. The molecule has 0 radical (unpaired) electrons. The van der Waals surface area contributed by atoms with Gasteiger partial charge in [-0.25, -0.2) is 4.79 Å². The van der Waals surface area contributed by atoms with Crippen molar-refractivity contribution in [2.75, 3.05) is 31.6 Å². The van der Waals surface area contributed by atoms with Crippen LogP contribution in [0.1, 0.15) is 28.0 Å². The number of morpholine rings is 1. The first kappa shape index (κ1) is 21.0. The zero-order chi connectivity index (χ0) is 21.6. The van der Waals surface area contributed by atoms with Crippen LogP contribution in [0.5, 0.6) is 0 Å². The number of nitrogens with zero attached hydrogens (tertiary/aromatic N) is 3. The van der Waals surface area contributed by atoms with Crippen LogP contribution in [-0.4, -0.2) is 54.3 Å². The number of fused-ring (bicyclic) bond motifs is 1. The van der Waals surface area contributed by atoms with Gasteiger partial charge in [0.2, 0.25) is 5.91 Å². The Hall–Kier alpha value is -3.22. The Kier molecular flexibility index (Phi) is 6.60. The Morgan fingerprint density at radius 1 is 1.39 bits per heavy atom. The summed E-state index contributed by atoms with van der Waals surface area (Å²) in [7, 11) is 0. The first-order valence-electron chi connectivity index (χ1n) is 10.1. The van der Waals surface area contributed by atoms with Crippen LogP contribution in [0.4, 0.5) is 9.80 Å². The summed E-state index contributed by atoms with van der Waals surface area (Å²) in [4.78, 5) is 31.4. The van der Waals surface area contributed by atoms with Crippen molar-refractivity contribution < 1.29 is 19.1 Å². The number of amides is 2. The second-order valence-electron chi connectivity index (χ2n) is 7.28. The lowest BCUT2D eigenvalue weighted by atomic mass is 9.94. The fourth-order valence-corrected chi connectivity index (χ4v) is 4.89. The number of carbonyl (C=O) groups is 2. The Morgan fingerprint density at radius 3 is 2.97 bits per heavy atom. The van der Waals surface area contributed by atoms with Crippen molar-refractivity contribution in [1.82, 2.24) is 9.88 Å². The summed E-state index contributed by atoms with van der Waals surface area (Å²) in [5.74, 6) is -0.311. The Morgan fingerprint density at radius 2 is 2.23 bits per heavy atom. The maximum absolute atomic E-state index is 12.4. The van der Waals surface area contributed by atoms with E-state index in [1.165, 1.54) is 17.4 Å². The van der Waals surface area contributed by atoms with Gasteiger partial charge in [-0.1, -0.05) is 6.07 Å². The molecule has 1 N–H and O–H groups in total. The highest BCUT2D eigenvalue weighted by Crippen LogP contribution is 2.38. The van der Waals surface area contributed by atoms with Gasteiger partial charge in [0, 0.05) is 42.9 Å². The van der Waals surface area contributed by atoms with Gasteiger partial charge in [-0.2, -0.15) is 5.26 Å². The highest BCUT2D eigenvalue weighted by Gasteiger charge is 2.30. The summed E-state index contributed by atoms with van der Waals surface area (Å²) >= 11 is 1.38. The van der Waals surface area contributed by atoms with Crippen molar-refractivity contribution >= 4 is 34.4 Å². The normalized spacial score (nSPS) is 18.3. The zero-order valence-electron chi connectivity index (χ0n) is 16.9. The molecule has 1 aliphatic carbocycles. The van der Waals surface area contributed by atoms with Crippen LogP contribution < -0.4 is 5.32 Å². The summed E-state index contributed by atoms with van der Waals surface area (Å²) in [6.45, 7) is 2.13. The number of rotatable bonds is 4. The first-order chi connectivity index (χ1) is 15.1. The molecule has 3 heterocycles. The molecule has 2 amide bonds. The van der Waals surface area contributed by atoms with Gasteiger partial charge in [0.1, 0.15) is 17.2 Å². The molecule has 8 nitrogen and oxygen atoms in total. The van der Waals surface area contributed by atoms with E-state index in [1.54, 1.807) is 29.4 Å². The minimum absolute atomic E-state index is 0.234. The van der Waals surface area contributed by atoms with Crippen LogP contribution in [0.25, 0.3) is 6.08 Å². The van der Waals surface area contributed by atoms with Gasteiger partial charge in [-0.3, -0.25) is 9.78 Å². The minimum Gasteiger partial charge on any atom is -0.446 e. The number of hydrogen-bond donors (Lipinski definition) is 1. The van der Waals surface area contributed by atoms with Crippen LogP contribution in [0, 0.1) is 11.3 Å². The predicted molar refractivity (Wildman–Crippen MR) is 116 cm³/mol. The van der Waals surface area contributed by atoms with Crippen molar-refractivity contribution in [1.29, 1.82) is 5.26 Å². The molecule has 31 heavy (non-hydrogen) atoms. The van der Waals surface area contributed by atoms with Crippen molar-refractivity contribution in [2.24, 2.45) is 0 Å². The molecule has 0 bridgehead atoms. The first-order valence-corrected chi connectivity index (χ1v) is 10.9. The van der Waals surface area contributed by atoms with Crippen molar-refractivity contribution in [3.63, 3.8) is 0 Å². The molecule has 1 aliphatic heterocycles. The molecule has 9 heteroatoms. The second-order valence-corrected chi connectivity index (χ2v) is 8.38. The van der Waals surface area contributed by atoms with Crippen LogP contribution in [0.3, 0.4) is 0 Å². The quantitative estimate of drug-likeness (QED) is 0.736. The van der Waals surface area contributed by atoms with Crippen LogP contribution in [-0.2, 0) is 27.1 Å². The molecule has 2 aromatic rings. The summed E-state index contributed by atoms with van der Waals surface area (Å²) in [5, 5.41) is 13.0. The molecule has 0 saturated carbocycles. The lowest BCUT2D eigenvalue weighted by molar-refractivity contribution is -0.111. The average molecular weight is 439 g/mol. The largest absolute Gasteiger partial charge is 0.446 e. The highest BCUT2D eigenvalue weighted by atomic mass is 32.1. The van der Waals surface area contributed by atoms with Gasteiger partial charge in [0.15, 0.2) is 0 Å². The van der Waals surface area contributed by atoms with E-state index in [0.29, 0.717) is 56.1 Å². The molecule has 4 rings (SSSR count). The van der Waals surface area contributed by atoms with Crippen LogP contribution in [0.15, 0.2) is 30.6 Å². The van der Waals surface area contributed by atoms with E-state index in [0.717, 1.165) is 16.0 Å². The summed E-state index contributed by atoms with van der Waals surface area (Å²) < 4.78 is 11.0. The van der Waals surface area contributed by atoms with Gasteiger partial charge < -0.3 is 19.7 Å². The number of anilines is 1. The van der Waals surface area contributed by atoms with E-state index in [1.807, 2.05) is 6.07 Å². The number of aromatic nitrogens is 1. The van der Waals surface area contributed by atoms with Gasteiger partial charge in [-0.15, -0.1) is 11.3 Å². The average Bonchev–Trinajstić information content (AvgIpc) is 3.15. The van der Waals surface area contributed by atoms with Gasteiger partial charge in [0.25, 0.3) is 0 Å². The highest BCUT2D eigenvalue weighted by molar-refractivity contribution is 7.16. The summed E-state index contributed by atoms with van der Waals surface area (Å²) in [6.07, 6.45) is 7.70. The molecule has 2 aliphatic rings. The molecule has 2 aromatic heterocycles. The topological polar surface area (TPSA) is 105 Å². The van der Waals surface area contributed by atoms with E-state index in [-0.39, 0.29) is 18.1 Å². The van der Waals surface area contributed by atoms with Gasteiger partial charge >= 0.3 is 6.09 Å². The summed E-state index contributed by atoms with van der Waals surface area (Å²) in [6, 6.07) is 5.86. The molecule has 1 unspecified atom stereocenters. The lowest BCUT2D eigenvalue weighted by Crippen LogP contribution is -2.42. The molecule has 1 saturated heterocycles. The monoisotopic (exact) mass is 438 g/mol. The van der Waals surface area contributed by atoms with Crippen LogP contribution in [0.2, 0.25) is 0 Å². The Bertz CT molecular complexity index is 1020. The van der Waals surface area contributed by atoms with Crippen molar-refractivity contribution in [2.45, 2.75) is 25.4 Å². The van der Waals surface area contributed by atoms with E-state index in [9.17, 15) is 14.9 Å². The summed E-state index contributed by atoms with van der Waals surface area (Å²) in [5.41, 5.74) is 2.26. The molecule has 0 aromatic carbocycles. The molecule has 1 atom stereocenters. The Balaban J connectivity index is 1.41. The van der Waals surface area contributed by atoms with Gasteiger partial charge in [-0.05, 0) is 36.1 Å². The number of hydrogen-bond acceptors (Lipinski definition) is 7. The predicted octanol–water partition coefficient (Wildman–Crippen LogP) is 2.99. The number of nitriles is 1. The van der Waals surface area contributed by atoms with Crippen LogP contribution >= 0.6 is 11.3 Å². The number of nitrogens with one attached hydrogen (secondary N) is 1. The zero-order valence-corrected chi connectivity index (χ0v) is 17.7. The Labute approximate surface area is 184 Å². The standard InChI is InChI=1S/C22H22N4O4S/c23-13-18-17-5-4-16(30-22(28)26-8-10-29-11-9-26)12-19(17)31-21(18)25-20(27)6-3-15-2-1-7-24-14-15/h1-3,6-7,14,16H,4-5,8-12H2,(H,25,27)/b6-3+. The smallest absolute Gasteiger partial charge is 0.410 e. The maximum atomic E-state index is 12.4. The van der Waals surface area contributed by atoms with E-state index >= 15 is 0 Å². The molecule has 0 spiro atoms. The number of ether oxygens (including phenoxy) is 2. The number of thiophene rings is 1. The van der Waals surface area contributed by atoms with Crippen molar-refractivity contribution in [3.8, 4) is 6.07 Å². The number of carbonyl (C=O) groups excluding carboxylic acids is 2. The van der Waals surface area contributed by atoms with E-state index < -0.39 is 0 Å². The third-order valence-corrected chi connectivity index (χ3v) is 6.39. The molecule has 1 fully saturated rings. The minimum atomic E-state index is -0.317. The third-order valence-electron chi connectivity index (χ3n) is 5.22. The van der Waals surface area contributed by atoms with E-state index in [4.69, 9.17) is 9.47 Å².